The molecule has 0 aromatic heterocycles. The number of hydrogen-bond acceptors (Lipinski definition) is 4. The molecule has 2 amide bonds. The Labute approximate surface area is 117 Å². The predicted octanol–water partition coefficient (Wildman–Crippen LogP) is -0.119. The van der Waals surface area contributed by atoms with Crippen LogP contribution < -0.4 is 11.1 Å². The molecular weight excluding hydrogens is 264 g/mol. The first-order chi connectivity index (χ1) is 9.23. The molecule has 1 aliphatic rings. The van der Waals surface area contributed by atoms with Crippen molar-refractivity contribution in [1.82, 2.24) is 5.32 Å². The van der Waals surface area contributed by atoms with E-state index >= 15 is 0 Å². The van der Waals surface area contributed by atoms with Crippen molar-refractivity contribution in [3.05, 3.63) is 0 Å². The van der Waals surface area contributed by atoms with Crippen LogP contribution in [0.5, 0.6) is 0 Å². The second kappa shape index (κ2) is 6.69. The Bertz CT molecular complexity index is 398. The minimum absolute atomic E-state index is 0.00980. The largest absolute Gasteiger partial charge is 0.480 e. The third kappa shape index (κ3) is 3.93. The van der Waals surface area contributed by atoms with Crippen LogP contribution in [0.15, 0.2) is 0 Å². The van der Waals surface area contributed by atoms with E-state index in [-0.39, 0.29) is 42.8 Å². The fourth-order valence-electron chi connectivity index (χ4n) is 2.53. The number of hydrogen-bond donors (Lipinski definition) is 3. The first-order valence-electron chi connectivity index (χ1n) is 6.71. The molecular formula is C13H22N2O5. The van der Waals surface area contributed by atoms with E-state index in [0.29, 0.717) is 0 Å². The number of nitrogens with two attached hydrogens (primary N) is 1. The van der Waals surface area contributed by atoms with E-state index in [4.69, 9.17) is 15.6 Å². The molecule has 4 N–H and O–H groups in total. The zero-order chi connectivity index (χ0) is 15.4. The van der Waals surface area contributed by atoms with Gasteiger partial charge in [0.25, 0.3) is 0 Å². The lowest BCUT2D eigenvalue weighted by molar-refractivity contribution is -0.143. The topological polar surface area (TPSA) is 119 Å². The Morgan fingerprint density at radius 2 is 1.85 bits per heavy atom. The number of carboxylic acid groups (broad SMARTS) is 1. The predicted molar refractivity (Wildman–Crippen MR) is 70.7 cm³/mol. The molecule has 114 valence electrons. The maximum Gasteiger partial charge on any atom is 0.326 e. The highest BCUT2D eigenvalue weighted by atomic mass is 16.5. The lowest BCUT2D eigenvalue weighted by Crippen LogP contribution is -2.46. The van der Waals surface area contributed by atoms with Crippen molar-refractivity contribution >= 4 is 17.8 Å². The van der Waals surface area contributed by atoms with Crippen molar-refractivity contribution < 1.29 is 24.2 Å². The molecule has 1 fully saturated rings. The van der Waals surface area contributed by atoms with Gasteiger partial charge in [-0.15, -0.1) is 0 Å². The summed E-state index contributed by atoms with van der Waals surface area (Å²) in [7, 11) is 0. The fraction of sp³-hybridized carbons (Fsp3) is 0.769. The van der Waals surface area contributed by atoms with Crippen LogP contribution in [0.25, 0.3) is 0 Å². The summed E-state index contributed by atoms with van der Waals surface area (Å²) < 4.78 is 5.57. The Balaban J connectivity index is 2.66. The van der Waals surface area contributed by atoms with Crippen LogP contribution in [0.2, 0.25) is 0 Å². The Hall–Kier alpha value is -1.63. The van der Waals surface area contributed by atoms with Crippen molar-refractivity contribution in [1.29, 1.82) is 0 Å². The number of amides is 2. The maximum atomic E-state index is 12.2. The van der Waals surface area contributed by atoms with Gasteiger partial charge in [-0.2, -0.15) is 0 Å². The lowest BCUT2D eigenvalue weighted by atomic mass is 9.88. The Morgan fingerprint density at radius 1 is 1.25 bits per heavy atom. The average molecular weight is 286 g/mol. The van der Waals surface area contributed by atoms with Crippen LogP contribution in [-0.2, 0) is 19.1 Å². The highest BCUT2D eigenvalue weighted by Crippen LogP contribution is 2.32. The monoisotopic (exact) mass is 286 g/mol. The summed E-state index contributed by atoms with van der Waals surface area (Å²) in [5.74, 6) is -2.50. The van der Waals surface area contributed by atoms with Crippen LogP contribution in [0.4, 0.5) is 0 Å². The molecule has 0 saturated carbocycles. The molecule has 0 spiro atoms. The van der Waals surface area contributed by atoms with E-state index in [2.05, 4.69) is 5.32 Å². The van der Waals surface area contributed by atoms with Crippen molar-refractivity contribution in [2.45, 2.75) is 51.9 Å². The zero-order valence-corrected chi connectivity index (χ0v) is 12.0. The summed E-state index contributed by atoms with van der Waals surface area (Å²) in [6.45, 7) is 5.58. The molecule has 7 heteroatoms. The SMILES string of the molecule is CC1OC(C)C(C(=O)N[C@H](CCC(N)=O)C(=O)O)C1C. The number of carbonyl (C=O) groups excluding carboxylic acids is 2. The number of aliphatic carboxylic acids is 1. The van der Waals surface area contributed by atoms with Gasteiger partial charge in [0.2, 0.25) is 11.8 Å². The van der Waals surface area contributed by atoms with E-state index in [1.165, 1.54) is 0 Å². The second-order valence-electron chi connectivity index (χ2n) is 5.34. The molecule has 0 aromatic rings. The number of nitrogens with one attached hydrogen (secondary N) is 1. The number of rotatable bonds is 6. The zero-order valence-electron chi connectivity index (χ0n) is 12.0. The molecule has 1 heterocycles. The van der Waals surface area contributed by atoms with Crippen LogP contribution in [0.1, 0.15) is 33.6 Å². The first-order valence-corrected chi connectivity index (χ1v) is 6.71. The smallest absolute Gasteiger partial charge is 0.326 e. The van der Waals surface area contributed by atoms with Crippen molar-refractivity contribution in [2.24, 2.45) is 17.6 Å². The van der Waals surface area contributed by atoms with Gasteiger partial charge < -0.3 is 20.9 Å². The second-order valence-corrected chi connectivity index (χ2v) is 5.34. The minimum atomic E-state index is -1.17. The highest BCUT2D eigenvalue weighted by molar-refractivity contribution is 5.86. The van der Waals surface area contributed by atoms with Crippen LogP contribution in [0.3, 0.4) is 0 Å². The molecule has 0 bridgehead atoms. The Morgan fingerprint density at radius 3 is 2.25 bits per heavy atom. The minimum Gasteiger partial charge on any atom is -0.480 e. The molecule has 4 unspecified atom stereocenters. The van der Waals surface area contributed by atoms with Gasteiger partial charge in [-0.3, -0.25) is 9.59 Å². The standard InChI is InChI=1S/C13H22N2O5/c1-6-7(2)20-8(3)11(6)12(17)15-9(13(18)19)4-5-10(14)16/h6-9,11H,4-5H2,1-3H3,(H2,14,16)(H,15,17)(H,18,19)/t6?,7?,8?,9-,11?/m1/s1. The van der Waals surface area contributed by atoms with Gasteiger partial charge in [-0.1, -0.05) is 6.92 Å². The van der Waals surface area contributed by atoms with E-state index in [0.717, 1.165) is 0 Å². The van der Waals surface area contributed by atoms with E-state index in [1.807, 2.05) is 13.8 Å². The van der Waals surface area contributed by atoms with Gasteiger partial charge in [-0.05, 0) is 26.2 Å². The van der Waals surface area contributed by atoms with Crippen LogP contribution in [0, 0.1) is 11.8 Å². The van der Waals surface area contributed by atoms with Crippen molar-refractivity contribution in [3.8, 4) is 0 Å². The third-order valence-corrected chi connectivity index (χ3v) is 3.84. The molecule has 5 atom stereocenters. The summed E-state index contributed by atoms with van der Waals surface area (Å²) in [4.78, 5) is 34.0. The van der Waals surface area contributed by atoms with Crippen molar-refractivity contribution in [2.75, 3.05) is 0 Å². The maximum absolute atomic E-state index is 12.2. The van der Waals surface area contributed by atoms with Gasteiger partial charge in [-0.25, -0.2) is 4.79 Å². The van der Waals surface area contributed by atoms with Gasteiger partial charge in [0.05, 0.1) is 18.1 Å². The van der Waals surface area contributed by atoms with Gasteiger partial charge in [0.1, 0.15) is 6.04 Å². The number of carboxylic acids is 1. The summed E-state index contributed by atoms with van der Waals surface area (Å²) in [5.41, 5.74) is 4.99. The Kier molecular flexibility index (Phi) is 5.50. The quantitative estimate of drug-likeness (QED) is 0.629. The molecule has 1 aliphatic heterocycles. The van der Waals surface area contributed by atoms with Gasteiger partial charge >= 0.3 is 5.97 Å². The molecule has 0 aromatic carbocycles. The number of ether oxygens (including phenoxy) is 1. The third-order valence-electron chi connectivity index (χ3n) is 3.84. The average Bonchev–Trinajstić information content (AvgIpc) is 2.58. The molecule has 1 rings (SSSR count). The van der Waals surface area contributed by atoms with Crippen molar-refractivity contribution in [3.63, 3.8) is 0 Å². The summed E-state index contributed by atoms with van der Waals surface area (Å²) in [6, 6.07) is -1.11. The molecule has 0 radical (unpaired) electrons. The normalized spacial score (nSPS) is 30.8. The number of carbonyl (C=O) groups is 3. The lowest BCUT2D eigenvalue weighted by Gasteiger charge is -2.21. The van der Waals surface area contributed by atoms with Gasteiger partial charge in [0, 0.05) is 6.42 Å². The van der Waals surface area contributed by atoms with E-state index in [1.54, 1.807) is 6.92 Å². The molecule has 7 nitrogen and oxygen atoms in total. The van der Waals surface area contributed by atoms with E-state index in [9.17, 15) is 14.4 Å². The fourth-order valence-corrected chi connectivity index (χ4v) is 2.53. The molecule has 1 saturated heterocycles. The van der Waals surface area contributed by atoms with Crippen LogP contribution >= 0.6 is 0 Å². The number of primary amides is 1. The summed E-state index contributed by atoms with van der Waals surface area (Å²) >= 11 is 0. The summed E-state index contributed by atoms with van der Waals surface area (Å²) in [5, 5.41) is 11.5. The van der Waals surface area contributed by atoms with Crippen LogP contribution in [-0.4, -0.2) is 41.1 Å². The summed E-state index contributed by atoms with van der Waals surface area (Å²) in [6.07, 6.45) is -0.400. The molecule has 20 heavy (non-hydrogen) atoms. The van der Waals surface area contributed by atoms with E-state index < -0.39 is 17.9 Å². The van der Waals surface area contributed by atoms with Gasteiger partial charge in [0.15, 0.2) is 0 Å². The first kappa shape index (κ1) is 16.4. The molecule has 0 aliphatic carbocycles. The highest BCUT2D eigenvalue weighted by Gasteiger charge is 2.42.